The molecule has 0 spiro atoms. The molecule has 4 nitrogen and oxygen atoms in total. The van der Waals surface area contributed by atoms with E-state index in [0.29, 0.717) is 17.1 Å². The lowest BCUT2D eigenvalue weighted by Gasteiger charge is -2.05. The van der Waals surface area contributed by atoms with Gasteiger partial charge in [-0.25, -0.2) is 4.98 Å². The van der Waals surface area contributed by atoms with Gasteiger partial charge in [0.05, 0.1) is 4.90 Å². The van der Waals surface area contributed by atoms with Crippen molar-refractivity contribution in [2.24, 2.45) is 0 Å². The summed E-state index contributed by atoms with van der Waals surface area (Å²) in [5.41, 5.74) is 3.44. The molecule has 2 aromatic heterocycles. The summed E-state index contributed by atoms with van der Waals surface area (Å²) < 4.78 is 0. The highest BCUT2D eigenvalue weighted by Crippen LogP contribution is 2.16. The summed E-state index contributed by atoms with van der Waals surface area (Å²) in [7, 11) is 0. The summed E-state index contributed by atoms with van der Waals surface area (Å²) in [6.45, 7) is 1.96. The normalized spacial score (nSPS) is 11.0. The highest BCUT2D eigenvalue weighted by molar-refractivity contribution is 7.99. The van der Waals surface area contributed by atoms with E-state index in [1.165, 1.54) is 44.1 Å². The highest BCUT2D eigenvalue weighted by atomic mass is 32.2. The Labute approximate surface area is 183 Å². The lowest BCUT2D eigenvalue weighted by Crippen LogP contribution is -2.13. The number of H-pyrrole nitrogens is 1. The van der Waals surface area contributed by atoms with Crippen molar-refractivity contribution in [3.63, 3.8) is 0 Å². The van der Waals surface area contributed by atoms with Gasteiger partial charge in [0, 0.05) is 24.5 Å². The summed E-state index contributed by atoms with van der Waals surface area (Å²) in [6, 6.07) is 14.7. The summed E-state index contributed by atoms with van der Waals surface area (Å²) in [5, 5.41) is 0. The Morgan fingerprint density at radius 3 is 2.33 bits per heavy atom. The zero-order valence-corrected chi connectivity index (χ0v) is 18.6. The monoisotopic (exact) mass is 421 g/mol. The molecule has 5 heteroatoms. The van der Waals surface area contributed by atoms with E-state index < -0.39 is 0 Å². The van der Waals surface area contributed by atoms with Crippen LogP contribution in [0.15, 0.2) is 64.5 Å². The molecule has 0 radical (unpaired) electrons. The molecule has 0 amide bonds. The average Bonchev–Trinajstić information content (AvgIpc) is 2.76. The van der Waals surface area contributed by atoms with Crippen LogP contribution in [0, 0.1) is 6.92 Å². The smallest absolute Gasteiger partial charge is 0.264 e. The number of aromatic amines is 1. The van der Waals surface area contributed by atoms with E-state index in [4.69, 9.17) is 0 Å². The first kappa shape index (κ1) is 22.3. The van der Waals surface area contributed by atoms with Gasteiger partial charge in [-0.1, -0.05) is 62.1 Å². The number of unbranched alkanes of at least 4 members (excludes halogenated alkanes) is 5. The minimum atomic E-state index is -0.0361. The molecule has 30 heavy (non-hydrogen) atoms. The maximum atomic E-state index is 12.3. The predicted octanol–water partition coefficient (Wildman–Crippen LogP) is 5.74. The number of pyridine rings is 1. The van der Waals surface area contributed by atoms with Crippen LogP contribution in [-0.4, -0.2) is 20.7 Å². The number of nitrogens with zero attached hydrogens (tertiary/aromatic N) is 2. The third kappa shape index (κ3) is 7.79. The van der Waals surface area contributed by atoms with Gasteiger partial charge in [-0.3, -0.25) is 9.78 Å². The number of aryl methyl sites for hydroxylation is 2. The van der Waals surface area contributed by atoms with E-state index in [-0.39, 0.29) is 5.56 Å². The molecule has 1 aromatic carbocycles. The molecule has 0 fully saturated rings. The van der Waals surface area contributed by atoms with Crippen LogP contribution in [0.1, 0.15) is 61.2 Å². The molecule has 0 aliphatic heterocycles. The first-order valence-electron chi connectivity index (χ1n) is 10.9. The second-order valence-electron chi connectivity index (χ2n) is 7.71. The van der Waals surface area contributed by atoms with E-state index in [1.807, 2.05) is 25.3 Å². The lowest BCUT2D eigenvalue weighted by atomic mass is 10.1. The number of aromatic nitrogens is 3. The molecular formula is C25H31N3OS. The fraction of sp³-hybridized carbons (Fsp3) is 0.400. The summed E-state index contributed by atoms with van der Waals surface area (Å²) in [4.78, 5) is 24.6. The molecule has 2 heterocycles. The van der Waals surface area contributed by atoms with E-state index in [1.54, 1.807) is 18.0 Å². The largest absolute Gasteiger partial charge is 0.309 e. The fourth-order valence-corrected chi connectivity index (χ4v) is 4.25. The number of hydrogen-bond acceptors (Lipinski definition) is 4. The molecule has 0 saturated carbocycles. The number of nitrogens with one attached hydrogen (secondary N) is 1. The number of rotatable bonds is 12. The van der Waals surface area contributed by atoms with Crippen LogP contribution in [0.5, 0.6) is 0 Å². The first-order valence-corrected chi connectivity index (χ1v) is 11.9. The van der Waals surface area contributed by atoms with Crippen molar-refractivity contribution in [3.8, 4) is 0 Å². The van der Waals surface area contributed by atoms with Gasteiger partial charge < -0.3 is 4.98 Å². The van der Waals surface area contributed by atoms with Gasteiger partial charge in [0.15, 0.2) is 0 Å². The van der Waals surface area contributed by atoms with Gasteiger partial charge in [0.2, 0.25) is 0 Å². The van der Waals surface area contributed by atoms with E-state index in [2.05, 4.69) is 45.3 Å². The zero-order chi connectivity index (χ0) is 21.0. The predicted molar refractivity (Wildman–Crippen MR) is 125 cm³/mol. The Morgan fingerprint density at radius 1 is 0.833 bits per heavy atom. The second kappa shape index (κ2) is 12.3. The molecule has 0 bridgehead atoms. The Balaban J connectivity index is 1.28. The van der Waals surface area contributed by atoms with Crippen LogP contribution in [0.25, 0.3) is 0 Å². The van der Waals surface area contributed by atoms with Crippen LogP contribution in [0.4, 0.5) is 0 Å². The second-order valence-corrected chi connectivity index (χ2v) is 8.85. The van der Waals surface area contributed by atoms with Gasteiger partial charge in [0.25, 0.3) is 5.56 Å². The third-order valence-corrected chi connectivity index (χ3v) is 6.22. The Bertz CT molecular complexity index is 939. The van der Waals surface area contributed by atoms with Gasteiger partial charge in [-0.15, -0.1) is 11.8 Å². The summed E-state index contributed by atoms with van der Waals surface area (Å²) in [5.74, 6) is 1.65. The number of benzene rings is 1. The van der Waals surface area contributed by atoms with Gasteiger partial charge in [0.1, 0.15) is 5.82 Å². The molecule has 3 rings (SSSR count). The van der Waals surface area contributed by atoms with Crippen molar-refractivity contribution >= 4 is 11.8 Å². The molecule has 0 atom stereocenters. The van der Waals surface area contributed by atoms with E-state index >= 15 is 0 Å². The van der Waals surface area contributed by atoms with Crippen LogP contribution in [-0.2, 0) is 12.8 Å². The molecule has 0 aliphatic rings. The van der Waals surface area contributed by atoms with Crippen molar-refractivity contribution in [2.75, 3.05) is 5.75 Å². The SMILES string of the molecule is Cc1ccc(Cc2ncc(SCCCCCCCCc3ccccc3)c(=O)[nH]2)cn1. The molecule has 0 saturated heterocycles. The van der Waals surface area contributed by atoms with E-state index in [0.717, 1.165) is 23.4 Å². The van der Waals surface area contributed by atoms with E-state index in [9.17, 15) is 4.79 Å². The average molecular weight is 422 g/mol. The van der Waals surface area contributed by atoms with Crippen molar-refractivity contribution in [1.29, 1.82) is 0 Å². The van der Waals surface area contributed by atoms with Gasteiger partial charge >= 0.3 is 0 Å². The summed E-state index contributed by atoms with van der Waals surface area (Å²) >= 11 is 1.61. The third-order valence-electron chi connectivity index (χ3n) is 5.12. The minimum Gasteiger partial charge on any atom is -0.309 e. The Morgan fingerprint density at radius 2 is 1.60 bits per heavy atom. The number of hydrogen-bond donors (Lipinski definition) is 1. The maximum Gasteiger partial charge on any atom is 0.264 e. The molecule has 1 N–H and O–H groups in total. The maximum absolute atomic E-state index is 12.3. The van der Waals surface area contributed by atoms with Crippen LogP contribution in [0.3, 0.4) is 0 Å². The van der Waals surface area contributed by atoms with Crippen LogP contribution >= 0.6 is 11.8 Å². The fourth-order valence-electron chi connectivity index (χ4n) is 3.37. The van der Waals surface area contributed by atoms with Crippen molar-refractivity contribution < 1.29 is 0 Å². The first-order chi connectivity index (χ1) is 14.7. The lowest BCUT2D eigenvalue weighted by molar-refractivity contribution is 0.609. The van der Waals surface area contributed by atoms with Crippen LogP contribution < -0.4 is 5.56 Å². The highest BCUT2D eigenvalue weighted by Gasteiger charge is 2.05. The molecule has 0 aliphatic carbocycles. The standard InChI is InChI=1S/C25H31N3OS/c1-20-14-15-22(18-26-20)17-24-27-19-23(25(29)28-24)30-16-10-5-3-2-4-7-11-21-12-8-6-9-13-21/h6,8-9,12-15,18-19H,2-5,7,10-11,16-17H2,1H3,(H,27,28,29). The van der Waals surface area contributed by atoms with Gasteiger partial charge in [-0.2, -0.15) is 0 Å². The molecule has 0 unspecified atom stereocenters. The molecular weight excluding hydrogens is 390 g/mol. The van der Waals surface area contributed by atoms with Crippen molar-refractivity contribution in [1.82, 2.24) is 15.0 Å². The Hall–Kier alpha value is -2.40. The summed E-state index contributed by atoms with van der Waals surface area (Å²) in [6.07, 6.45) is 12.8. The molecule has 3 aromatic rings. The Kier molecular flexibility index (Phi) is 9.16. The van der Waals surface area contributed by atoms with Crippen molar-refractivity contribution in [3.05, 3.63) is 87.9 Å². The van der Waals surface area contributed by atoms with Crippen LogP contribution in [0.2, 0.25) is 0 Å². The zero-order valence-electron chi connectivity index (χ0n) is 17.8. The van der Waals surface area contributed by atoms with Gasteiger partial charge in [-0.05, 0) is 49.1 Å². The quantitative estimate of drug-likeness (QED) is 0.299. The number of thioether (sulfide) groups is 1. The molecule has 158 valence electrons. The minimum absolute atomic E-state index is 0.0361. The van der Waals surface area contributed by atoms with Crippen molar-refractivity contribution in [2.45, 2.75) is 63.2 Å². The topological polar surface area (TPSA) is 58.6 Å².